The van der Waals surface area contributed by atoms with Crippen molar-refractivity contribution in [2.75, 3.05) is 24.6 Å². The smallest absolute Gasteiger partial charge is 0.328 e. The fraction of sp³-hybridized carbons (Fsp3) is 0.625. The second kappa shape index (κ2) is 6.56. The Morgan fingerprint density at radius 3 is 2.64 bits per heavy atom. The first-order chi connectivity index (χ1) is 6.48. The molecule has 0 aromatic heterocycles. The van der Waals surface area contributed by atoms with Crippen LogP contribution in [0.2, 0.25) is 0 Å². The largest absolute Gasteiger partial charge is 0.478 e. The van der Waals surface area contributed by atoms with Gasteiger partial charge in [0.2, 0.25) is 0 Å². The number of hydrogen-bond acceptors (Lipinski definition) is 4. The predicted molar refractivity (Wildman–Crippen MR) is 54.0 cm³/mol. The maximum Gasteiger partial charge on any atom is 0.328 e. The quantitative estimate of drug-likeness (QED) is 0.453. The van der Waals surface area contributed by atoms with Crippen molar-refractivity contribution >= 4 is 15.8 Å². The summed E-state index contributed by atoms with van der Waals surface area (Å²) < 4.78 is 22.0. The molecule has 0 aromatic carbocycles. The first kappa shape index (κ1) is 13.1. The number of sulfone groups is 1. The fourth-order valence-corrected chi connectivity index (χ4v) is 1.46. The molecule has 0 aliphatic carbocycles. The number of carboxylic acid groups (broad SMARTS) is 1. The number of nitrogens with one attached hydrogen (secondary N) is 1. The van der Waals surface area contributed by atoms with E-state index in [4.69, 9.17) is 5.11 Å². The topological polar surface area (TPSA) is 83.5 Å². The molecule has 0 amide bonds. The minimum absolute atomic E-state index is 0.0877. The molecule has 0 fully saturated rings. The van der Waals surface area contributed by atoms with Crippen LogP contribution in [0, 0.1) is 0 Å². The molecule has 2 N–H and O–H groups in total. The van der Waals surface area contributed by atoms with E-state index >= 15 is 0 Å². The Morgan fingerprint density at radius 1 is 1.50 bits per heavy atom. The van der Waals surface area contributed by atoms with E-state index in [1.165, 1.54) is 6.08 Å². The van der Waals surface area contributed by atoms with Crippen molar-refractivity contribution in [1.82, 2.24) is 5.32 Å². The first-order valence-corrected chi connectivity index (χ1v) is 6.10. The Hall–Kier alpha value is -0.880. The van der Waals surface area contributed by atoms with Gasteiger partial charge in [0.05, 0.1) is 5.75 Å². The zero-order valence-corrected chi connectivity index (χ0v) is 8.88. The lowest BCUT2D eigenvalue weighted by Gasteiger charge is -2.01. The van der Waals surface area contributed by atoms with Crippen molar-refractivity contribution in [3.8, 4) is 0 Å². The van der Waals surface area contributed by atoms with E-state index in [9.17, 15) is 13.2 Å². The van der Waals surface area contributed by atoms with Crippen molar-refractivity contribution in [3.63, 3.8) is 0 Å². The van der Waals surface area contributed by atoms with E-state index in [1.807, 2.05) is 0 Å². The van der Waals surface area contributed by atoms with Gasteiger partial charge < -0.3 is 10.4 Å². The van der Waals surface area contributed by atoms with Crippen LogP contribution in [0.25, 0.3) is 0 Å². The number of carbonyl (C=O) groups is 1. The molecule has 0 unspecified atom stereocenters. The van der Waals surface area contributed by atoms with Crippen LogP contribution in [0.4, 0.5) is 0 Å². The number of carboxylic acids is 1. The molecule has 0 aromatic rings. The summed E-state index contributed by atoms with van der Waals surface area (Å²) in [5, 5.41) is 11.0. The Balaban J connectivity index is 3.53. The first-order valence-electron chi connectivity index (χ1n) is 4.28. The number of hydrogen-bond donors (Lipinski definition) is 2. The SMILES string of the molecule is CCS(=O)(=O)CCNC/C=C/C(=O)O. The second-order valence-corrected chi connectivity index (χ2v) is 5.15. The van der Waals surface area contributed by atoms with Crippen LogP contribution in [-0.2, 0) is 14.6 Å². The molecule has 14 heavy (non-hydrogen) atoms. The molecule has 5 nitrogen and oxygen atoms in total. The molecule has 82 valence electrons. The summed E-state index contributed by atoms with van der Waals surface area (Å²) in [5.41, 5.74) is 0. The Kier molecular flexibility index (Phi) is 6.14. The summed E-state index contributed by atoms with van der Waals surface area (Å²) in [4.78, 5) is 10.0. The van der Waals surface area contributed by atoms with Crippen molar-refractivity contribution < 1.29 is 18.3 Å². The van der Waals surface area contributed by atoms with Crippen LogP contribution in [0.3, 0.4) is 0 Å². The van der Waals surface area contributed by atoms with Gasteiger partial charge in [-0.15, -0.1) is 0 Å². The van der Waals surface area contributed by atoms with Gasteiger partial charge in [-0.25, -0.2) is 13.2 Å². The maximum absolute atomic E-state index is 11.0. The van der Waals surface area contributed by atoms with Crippen LogP contribution >= 0.6 is 0 Å². The summed E-state index contributed by atoms with van der Waals surface area (Å²) in [6.45, 7) is 2.31. The number of rotatable bonds is 7. The van der Waals surface area contributed by atoms with Crippen LogP contribution in [-0.4, -0.2) is 44.1 Å². The Labute approximate surface area is 83.7 Å². The molecule has 0 bridgehead atoms. The molecule has 0 radical (unpaired) electrons. The molecule has 6 heteroatoms. The minimum Gasteiger partial charge on any atom is -0.478 e. The van der Waals surface area contributed by atoms with E-state index < -0.39 is 15.8 Å². The van der Waals surface area contributed by atoms with Crippen molar-refractivity contribution in [3.05, 3.63) is 12.2 Å². The molecular formula is C8H15NO4S. The maximum atomic E-state index is 11.0. The monoisotopic (exact) mass is 221 g/mol. The van der Waals surface area contributed by atoms with Crippen LogP contribution in [0.1, 0.15) is 6.92 Å². The van der Waals surface area contributed by atoms with Crippen molar-refractivity contribution in [1.29, 1.82) is 0 Å². The normalized spacial score (nSPS) is 12.1. The van der Waals surface area contributed by atoms with Gasteiger partial charge in [-0.2, -0.15) is 0 Å². The van der Waals surface area contributed by atoms with E-state index in [1.54, 1.807) is 6.92 Å². The highest BCUT2D eigenvalue weighted by Crippen LogP contribution is 1.86. The molecule has 0 aliphatic rings. The van der Waals surface area contributed by atoms with E-state index in [2.05, 4.69) is 5.32 Å². The van der Waals surface area contributed by atoms with Gasteiger partial charge in [0.1, 0.15) is 0 Å². The zero-order chi connectivity index (χ0) is 11.0. The van der Waals surface area contributed by atoms with Gasteiger partial charge in [0.25, 0.3) is 0 Å². The second-order valence-electron chi connectivity index (χ2n) is 2.68. The molecule has 0 rings (SSSR count). The summed E-state index contributed by atoms with van der Waals surface area (Å²) in [5.74, 6) is -0.780. The predicted octanol–water partition coefficient (Wildman–Crippen LogP) is -0.348. The third-order valence-corrected chi connectivity index (χ3v) is 3.26. The van der Waals surface area contributed by atoms with E-state index in [0.717, 1.165) is 6.08 Å². The fourth-order valence-electron chi connectivity index (χ4n) is 0.717. The van der Waals surface area contributed by atoms with Gasteiger partial charge in [0, 0.05) is 24.9 Å². The molecule has 0 heterocycles. The molecule has 0 saturated carbocycles. The van der Waals surface area contributed by atoms with E-state index in [-0.39, 0.29) is 11.5 Å². The van der Waals surface area contributed by atoms with E-state index in [0.29, 0.717) is 13.1 Å². The van der Waals surface area contributed by atoms with Gasteiger partial charge in [0.15, 0.2) is 9.84 Å². The van der Waals surface area contributed by atoms with Crippen LogP contribution < -0.4 is 5.32 Å². The molecule has 0 aliphatic heterocycles. The van der Waals surface area contributed by atoms with Gasteiger partial charge in [-0.3, -0.25) is 0 Å². The molecule has 0 saturated heterocycles. The lowest BCUT2D eigenvalue weighted by molar-refractivity contribution is -0.131. The average molecular weight is 221 g/mol. The summed E-state index contributed by atoms with van der Waals surface area (Å²) in [6, 6.07) is 0. The lowest BCUT2D eigenvalue weighted by Crippen LogP contribution is -2.24. The zero-order valence-electron chi connectivity index (χ0n) is 8.06. The lowest BCUT2D eigenvalue weighted by atomic mass is 10.5. The van der Waals surface area contributed by atoms with Crippen LogP contribution in [0.5, 0.6) is 0 Å². The van der Waals surface area contributed by atoms with Crippen molar-refractivity contribution in [2.24, 2.45) is 0 Å². The van der Waals surface area contributed by atoms with Crippen LogP contribution in [0.15, 0.2) is 12.2 Å². The summed E-state index contributed by atoms with van der Waals surface area (Å²) in [6.07, 6.45) is 2.45. The van der Waals surface area contributed by atoms with Gasteiger partial charge in [-0.05, 0) is 0 Å². The standard InChI is InChI=1S/C8H15NO4S/c1-2-14(12,13)7-6-9-5-3-4-8(10)11/h3-4,9H,2,5-7H2,1H3,(H,10,11)/b4-3+. The highest BCUT2D eigenvalue weighted by molar-refractivity contribution is 7.91. The average Bonchev–Trinajstić information content (AvgIpc) is 2.10. The molecule has 0 atom stereocenters. The van der Waals surface area contributed by atoms with Gasteiger partial charge >= 0.3 is 5.97 Å². The van der Waals surface area contributed by atoms with Crippen molar-refractivity contribution in [2.45, 2.75) is 6.92 Å². The summed E-state index contributed by atoms with van der Waals surface area (Å²) in [7, 11) is -2.93. The Morgan fingerprint density at radius 2 is 2.14 bits per heavy atom. The minimum atomic E-state index is -2.93. The molecule has 0 spiro atoms. The third kappa shape index (κ3) is 7.75. The number of aliphatic carboxylic acids is 1. The highest BCUT2D eigenvalue weighted by Gasteiger charge is 2.04. The molecular weight excluding hydrogens is 206 g/mol. The highest BCUT2D eigenvalue weighted by atomic mass is 32.2. The van der Waals surface area contributed by atoms with Gasteiger partial charge in [-0.1, -0.05) is 13.0 Å². The summed E-state index contributed by atoms with van der Waals surface area (Å²) >= 11 is 0. The Bertz CT molecular complexity index is 294. The third-order valence-electron chi connectivity index (χ3n) is 1.55.